The molecule has 10 amide bonds. The maximum absolute atomic E-state index is 14.3. The van der Waals surface area contributed by atoms with Gasteiger partial charge in [-0.05, 0) is 94.9 Å². The van der Waals surface area contributed by atoms with Crippen LogP contribution < -0.4 is 88.0 Å². The molecule has 0 spiro atoms. The number of nitrogens with one attached hydrogen (secondary N) is 9. The molecule has 0 aliphatic heterocycles. The summed E-state index contributed by atoms with van der Waals surface area (Å²) in [5.74, 6) is -14.2. The molecule has 34 nitrogen and oxygen atoms in total. The summed E-state index contributed by atoms with van der Waals surface area (Å²) in [6, 6.07) is -15.1. The Kier molecular flexibility index (Phi) is 38.0. The van der Waals surface area contributed by atoms with Crippen molar-refractivity contribution in [2.75, 3.05) is 32.8 Å². The zero-order chi connectivity index (χ0) is 65.8. The minimum Gasteiger partial charge on any atom is -0.481 e. The second-order valence-electron chi connectivity index (χ2n) is 21.5. The summed E-state index contributed by atoms with van der Waals surface area (Å²) in [5.41, 5.74) is 38.7. The van der Waals surface area contributed by atoms with E-state index >= 15 is 0 Å². The first-order valence-corrected chi connectivity index (χ1v) is 28.6. The lowest BCUT2D eigenvalue weighted by atomic mass is 9.96. The van der Waals surface area contributed by atoms with Crippen molar-refractivity contribution in [1.82, 2.24) is 47.9 Å². The number of rotatable bonds is 45. The summed E-state index contributed by atoms with van der Waals surface area (Å²) < 4.78 is 0. The fourth-order valence-electron chi connectivity index (χ4n) is 8.22. The molecule has 0 unspecified atom stereocenters. The molecular weight excluding hydrogens is 1130 g/mol. The van der Waals surface area contributed by atoms with Gasteiger partial charge in [0.25, 0.3) is 0 Å². The van der Waals surface area contributed by atoms with Crippen molar-refractivity contribution >= 4 is 82.9 Å². The molecule has 0 rings (SSSR count). The average Bonchev–Trinajstić information content (AvgIpc) is 3.22. The standard InChI is InChI=1S/C52H96N18O16/c1-7-28(6)40(49(84)67-35(23-27(4)5)46(81)69-37(25-72)48(83)65-32(15-17-38(55)73)43(78)66-34(50(85)86)12-8-9-19-53)70-45(80)31(14-11-21-61-52(58)59)63-47(82)36(24-71)68-44(79)33(16-18-39(74)75)64-42(77)30(13-10-20-60-51(56)57)62-41(76)29(54)22-26(2)3/h26-37,40,71-72H,7-25,53-54H2,1-6H3,(H2,55,73)(H,62,76)(H,63,82)(H,64,77)(H,65,83)(H,66,78)(H,67,84)(H,68,79)(H,69,81)(H,70,80)(H,74,75)(H,85,86)(H4,56,57,60)(H4,58,59,61)/t28-,29-,30-,31-,32-,33-,34-,35-,36-,37-,40-/m0/s1. The number of amides is 10. The molecule has 0 aromatic heterocycles. The van der Waals surface area contributed by atoms with Crippen molar-refractivity contribution in [2.24, 2.45) is 67.9 Å². The first kappa shape index (κ1) is 78.0. The van der Waals surface area contributed by atoms with Crippen molar-refractivity contribution in [2.45, 2.75) is 192 Å². The predicted octanol–water partition coefficient (Wildman–Crippen LogP) is -6.75. The Labute approximate surface area is 500 Å². The highest BCUT2D eigenvalue weighted by atomic mass is 16.4. The number of carboxylic acids is 2. The number of aliphatic imine (C=N–C) groups is 2. The van der Waals surface area contributed by atoms with Crippen LogP contribution in [0.25, 0.3) is 0 Å². The van der Waals surface area contributed by atoms with Crippen LogP contribution in [0.2, 0.25) is 0 Å². The highest BCUT2D eigenvalue weighted by molar-refractivity contribution is 5.99. The first-order chi connectivity index (χ1) is 40.3. The maximum atomic E-state index is 14.3. The number of aliphatic hydroxyl groups excluding tert-OH is 2. The molecule has 27 N–H and O–H groups in total. The molecule has 0 radical (unpaired) electrons. The Morgan fingerprint density at radius 2 is 0.791 bits per heavy atom. The van der Waals surface area contributed by atoms with Gasteiger partial charge in [0.15, 0.2) is 11.9 Å². The Hall–Kier alpha value is -7.98. The van der Waals surface area contributed by atoms with Crippen molar-refractivity contribution in [3.63, 3.8) is 0 Å². The van der Waals surface area contributed by atoms with Gasteiger partial charge in [0, 0.05) is 25.9 Å². The average molecular weight is 1230 g/mol. The number of nitrogens with two attached hydrogens (primary N) is 7. The molecule has 0 aromatic rings. The highest BCUT2D eigenvalue weighted by Crippen LogP contribution is 2.14. The van der Waals surface area contributed by atoms with E-state index in [-0.39, 0.29) is 94.8 Å². The second-order valence-corrected chi connectivity index (χ2v) is 21.5. The number of carbonyl (C=O) groups is 12. The summed E-state index contributed by atoms with van der Waals surface area (Å²) in [4.78, 5) is 167. The number of nitrogens with zero attached hydrogens (tertiary/aromatic N) is 2. The fraction of sp³-hybridized carbons (Fsp3) is 0.731. The number of primary amides is 1. The molecular formula is C52H96N18O16. The third kappa shape index (κ3) is 32.3. The number of aliphatic hydroxyl groups is 2. The molecule has 0 saturated carbocycles. The second kappa shape index (κ2) is 41.9. The van der Waals surface area contributed by atoms with E-state index in [1.54, 1.807) is 27.7 Å². The van der Waals surface area contributed by atoms with E-state index in [4.69, 9.17) is 40.1 Å². The Morgan fingerprint density at radius 1 is 0.430 bits per heavy atom. The zero-order valence-electron chi connectivity index (χ0n) is 50.1. The number of guanidine groups is 2. The summed E-state index contributed by atoms with van der Waals surface area (Å²) in [6.07, 6.45) is -1.01. The van der Waals surface area contributed by atoms with Gasteiger partial charge in [-0.2, -0.15) is 0 Å². The van der Waals surface area contributed by atoms with Gasteiger partial charge in [-0.15, -0.1) is 0 Å². The Morgan fingerprint density at radius 3 is 1.17 bits per heavy atom. The molecule has 11 atom stereocenters. The van der Waals surface area contributed by atoms with E-state index in [0.717, 1.165) is 0 Å². The van der Waals surface area contributed by atoms with Crippen molar-refractivity contribution < 1.29 is 78.0 Å². The Bertz CT molecular complexity index is 2300. The number of carbonyl (C=O) groups excluding carboxylic acids is 10. The molecule has 0 aliphatic rings. The monoisotopic (exact) mass is 1230 g/mol. The number of aliphatic carboxylic acids is 2. The van der Waals surface area contributed by atoms with Gasteiger partial charge in [0.1, 0.15) is 54.4 Å². The molecule has 34 heteroatoms. The molecule has 0 bridgehead atoms. The SMILES string of the molecule is CC[C@H](C)[C@H](NC(=O)[C@H](CCCN=C(N)N)NC(=O)[C@H](CO)NC(=O)[C@H](CCC(=O)O)NC(=O)[C@H](CCCN=C(N)N)NC(=O)[C@@H](N)CC(C)C)C(=O)N[C@@H](CC(C)C)C(=O)N[C@@H](CO)C(=O)N[C@@H](CCC(N)=O)C(=O)N[C@@H](CCCCN)C(=O)O. The molecule has 0 aliphatic carbocycles. The van der Waals surface area contributed by atoms with Gasteiger partial charge in [0.2, 0.25) is 59.1 Å². The van der Waals surface area contributed by atoms with E-state index in [1.807, 2.05) is 13.8 Å². The van der Waals surface area contributed by atoms with E-state index in [9.17, 15) is 78.0 Å². The number of hydrogen-bond donors (Lipinski definition) is 20. The minimum atomic E-state index is -1.86. The normalized spacial score (nSPS) is 14.9. The first-order valence-electron chi connectivity index (χ1n) is 28.6. The number of carboxylic acid groups (broad SMARTS) is 2. The number of hydrogen-bond acceptors (Lipinski definition) is 18. The minimum absolute atomic E-state index is 0.000300. The summed E-state index contributed by atoms with van der Waals surface area (Å²) >= 11 is 0. The van der Waals surface area contributed by atoms with E-state index in [1.165, 1.54) is 0 Å². The maximum Gasteiger partial charge on any atom is 0.326 e. The lowest BCUT2D eigenvalue weighted by Gasteiger charge is -2.30. The van der Waals surface area contributed by atoms with Gasteiger partial charge in [0.05, 0.1) is 19.3 Å². The summed E-state index contributed by atoms with van der Waals surface area (Å²) in [7, 11) is 0. The van der Waals surface area contributed by atoms with Crippen LogP contribution in [-0.2, 0) is 57.5 Å². The topological polar surface area (TPSA) is 601 Å². The molecule has 0 aromatic carbocycles. The molecule has 0 saturated heterocycles. The Balaban J connectivity index is 6.84. The van der Waals surface area contributed by atoms with Crippen LogP contribution in [0.3, 0.4) is 0 Å². The third-order valence-corrected chi connectivity index (χ3v) is 13.1. The van der Waals surface area contributed by atoms with Crippen LogP contribution >= 0.6 is 0 Å². The van der Waals surface area contributed by atoms with Crippen molar-refractivity contribution in [3.05, 3.63) is 0 Å². The van der Waals surface area contributed by atoms with Crippen molar-refractivity contribution in [3.8, 4) is 0 Å². The third-order valence-electron chi connectivity index (χ3n) is 13.1. The van der Waals surface area contributed by atoms with Gasteiger partial charge < -0.3 is 108 Å². The van der Waals surface area contributed by atoms with E-state index < -0.39 is 176 Å². The summed E-state index contributed by atoms with van der Waals surface area (Å²) in [5, 5.41) is 61.7. The van der Waals surface area contributed by atoms with Gasteiger partial charge >= 0.3 is 11.9 Å². The molecule has 86 heavy (non-hydrogen) atoms. The van der Waals surface area contributed by atoms with Crippen LogP contribution in [0.1, 0.15) is 131 Å². The highest BCUT2D eigenvalue weighted by Gasteiger charge is 2.37. The smallest absolute Gasteiger partial charge is 0.326 e. The lowest BCUT2D eigenvalue weighted by molar-refractivity contribution is -0.142. The van der Waals surface area contributed by atoms with E-state index in [2.05, 4.69) is 57.8 Å². The largest absolute Gasteiger partial charge is 0.481 e. The molecule has 490 valence electrons. The van der Waals surface area contributed by atoms with Gasteiger partial charge in [-0.25, -0.2) is 4.79 Å². The lowest BCUT2D eigenvalue weighted by Crippen LogP contribution is -2.62. The van der Waals surface area contributed by atoms with Gasteiger partial charge in [-0.1, -0.05) is 48.0 Å². The van der Waals surface area contributed by atoms with Gasteiger partial charge in [-0.3, -0.25) is 62.7 Å². The molecule has 0 fully saturated rings. The van der Waals surface area contributed by atoms with Crippen LogP contribution in [0, 0.1) is 17.8 Å². The quantitative estimate of drug-likeness (QED) is 0.0153. The summed E-state index contributed by atoms with van der Waals surface area (Å²) in [6.45, 7) is 8.40. The van der Waals surface area contributed by atoms with E-state index in [0.29, 0.717) is 12.8 Å². The van der Waals surface area contributed by atoms with Crippen LogP contribution in [0.15, 0.2) is 9.98 Å². The van der Waals surface area contributed by atoms with Crippen LogP contribution in [-0.4, -0.2) is 197 Å². The molecule has 0 heterocycles. The predicted molar refractivity (Wildman–Crippen MR) is 314 cm³/mol. The van der Waals surface area contributed by atoms with Crippen LogP contribution in [0.4, 0.5) is 0 Å². The zero-order valence-corrected chi connectivity index (χ0v) is 50.1. The number of unbranched alkanes of at least 4 members (excludes halogenated alkanes) is 1. The fourth-order valence-corrected chi connectivity index (χ4v) is 8.22. The van der Waals surface area contributed by atoms with Crippen molar-refractivity contribution in [1.29, 1.82) is 0 Å². The van der Waals surface area contributed by atoms with Crippen LogP contribution in [0.5, 0.6) is 0 Å².